The molecule has 0 bridgehead atoms. The molecule has 1 fully saturated rings. The molecular formula is C19H31N. The molecule has 1 unspecified atom stereocenters. The summed E-state index contributed by atoms with van der Waals surface area (Å²) in [5.41, 5.74) is 3.28. The summed E-state index contributed by atoms with van der Waals surface area (Å²) in [6.45, 7) is 10.4. The van der Waals surface area contributed by atoms with Crippen LogP contribution in [0.2, 0.25) is 0 Å². The van der Waals surface area contributed by atoms with E-state index in [9.17, 15) is 0 Å². The summed E-state index contributed by atoms with van der Waals surface area (Å²) in [6.07, 6.45) is 6.81. The molecule has 0 aromatic heterocycles. The van der Waals surface area contributed by atoms with E-state index in [1.165, 1.54) is 37.7 Å². The summed E-state index contributed by atoms with van der Waals surface area (Å²) in [6, 6.07) is 9.63. The fourth-order valence-electron chi connectivity index (χ4n) is 3.57. The van der Waals surface area contributed by atoms with E-state index >= 15 is 0 Å². The van der Waals surface area contributed by atoms with Crippen molar-refractivity contribution in [2.75, 3.05) is 6.54 Å². The van der Waals surface area contributed by atoms with Gasteiger partial charge in [-0.1, -0.05) is 64.8 Å². The molecule has 0 aliphatic heterocycles. The Kier molecular flexibility index (Phi) is 5.26. The first-order chi connectivity index (χ1) is 9.54. The van der Waals surface area contributed by atoms with Gasteiger partial charge in [0.25, 0.3) is 0 Å². The Hall–Kier alpha value is -0.820. The maximum absolute atomic E-state index is 3.84. The summed E-state index contributed by atoms with van der Waals surface area (Å²) in [5.74, 6) is 0.824. The van der Waals surface area contributed by atoms with Crippen molar-refractivity contribution in [3.05, 3.63) is 35.4 Å². The molecule has 1 saturated carbocycles. The van der Waals surface area contributed by atoms with Gasteiger partial charge in [-0.2, -0.15) is 0 Å². The lowest BCUT2D eigenvalue weighted by atomic mass is 9.79. The van der Waals surface area contributed by atoms with Crippen LogP contribution in [0.1, 0.15) is 77.0 Å². The third-order valence-corrected chi connectivity index (χ3v) is 4.59. The van der Waals surface area contributed by atoms with Gasteiger partial charge in [-0.15, -0.1) is 0 Å². The molecule has 0 amide bonds. The van der Waals surface area contributed by atoms with Crippen LogP contribution >= 0.6 is 0 Å². The Morgan fingerprint density at radius 2 is 1.80 bits per heavy atom. The molecule has 0 saturated heterocycles. The summed E-state index contributed by atoms with van der Waals surface area (Å²) in [7, 11) is 0. The highest BCUT2D eigenvalue weighted by Crippen LogP contribution is 2.39. The predicted molar refractivity (Wildman–Crippen MR) is 88.1 cm³/mol. The first-order valence-corrected chi connectivity index (χ1v) is 8.37. The lowest BCUT2D eigenvalue weighted by Gasteiger charge is -2.31. The van der Waals surface area contributed by atoms with Crippen LogP contribution in [0.15, 0.2) is 24.3 Å². The number of nitrogens with one attached hydrogen (secondary N) is 1. The summed E-state index contributed by atoms with van der Waals surface area (Å²) < 4.78 is 0. The fraction of sp³-hybridized carbons (Fsp3) is 0.684. The third-order valence-electron chi connectivity index (χ3n) is 4.59. The molecule has 1 aromatic carbocycles. The maximum Gasteiger partial charge on any atom is 0.0351 e. The summed E-state index contributed by atoms with van der Waals surface area (Å²) >= 11 is 0. The van der Waals surface area contributed by atoms with Crippen molar-refractivity contribution in [2.45, 2.75) is 71.3 Å². The number of hydrogen-bond acceptors (Lipinski definition) is 1. The SMILES string of the molecule is CCCNC(c1ccccc1C(C)(C)C)C1CCCC1. The van der Waals surface area contributed by atoms with Crippen molar-refractivity contribution in [3.8, 4) is 0 Å². The van der Waals surface area contributed by atoms with Crippen molar-refractivity contribution in [1.29, 1.82) is 0 Å². The Morgan fingerprint density at radius 1 is 1.15 bits per heavy atom. The lowest BCUT2D eigenvalue weighted by Crippen LogP contribution is -2.30. The van der Waals surface area contributed by atoms with Crippen molar-refractivity contribution in [3.63, 3.8) is 0 Å². The highest BCUT2D eigenvalue weighted by Gasteiger charge is 2.29. The van der Waals surface area contributed by atoms with Crippen LogP contribution in [-0.2, 0) is 5.41 Å². The third kappa shape index (κ3) is 3.63. The normalized spacial score (nSPS) is 18.4. The quantitative estimate of drug-likeness (QED) is 0.776. The van der Waals surface area contributed by atoms with E-state index in [4.69, 9.17) is 0 Å². The summed E-state index contributed by atoms with van der Waals surface area (Å²) in [5, 5.41) is 3.84. The number of rotatable bonds is 5. The van der Waals surface area contributed by atoms with Gasteiger partial charge in [0.1, 0.15) is 0 Å². The van der Waals surface area contributed by atoms with Gasteiger partial charge >= 0.3 is 0 Å². The maximum atomic E-state index is 3.84. The van der Waals surface area contributed by atoms with Crippen LogP contribution in [0.4, 0.5) is 0 Å². The second-order valence-corrected chi connectivity index (χ2v) is 7.31. The standard InChI is InChI=1S/C19H31N/c1-5-14-20-18(15-10-6-7-11-15)16-12-8-9-13-17(16)19(2,3)4/h8-9,12-13,15,18,20H,5-7,10-11,14H2,1-4H3. The minimum atomic E-state index is 0.224. The zero-order valence-corrected chi connectivity index (χ0v) is 13.7. The molecule has 0 heterocycles. The van der Waals surface area contributed by atoms with E-state index in [2.05, 4.69) is 57.3 Å². The van der Waals surface area contributed by atoms with Gasteiger partial charge in [0.05, 0.1) is 0 Å². The minimum Gasteiger partial charge on any atom is -0.310 e. The molecule has 1 N–H and O–H groups in total. The molecule has 0 spiro atoms. The average Bonchev–Trinajstić information content (AvgIpc) is 2.92. The second kappa shape index (κ2) is 6.76. The van der Waals surface area contributed by atoms with Gasteiger partial charge in [0.15, 0.2) is 0 Å². The van der Waals surface area contributed by atoms with Crippen LogP contribution in [0, 0.1) is 5.92 Å². The van der Waals surface area contributed by atoms with E-state index in [1.54, 1.807) is 5.56 Å². The molecule has 1 heteroatoms. The zero-order chi connectivity index (χ0) is 14.6. The zero-order valence-electron chi connectivity index (χ0n) is 13.7. The monoisotopic (exact) mass is 273 g/mol. The molecule has 0 radical (unpaired) electrons. The van der Waals surface area contributed by atoms with E-state index in [0.29, 0.717) is 6.04 Å². The van der Waals surface area contributed by atoms with Gasteiger partial charge in [0.2, 0.25) is 0 Å². The van der Waals surface area contributed by atoms with Gasteiger partial charge in [0, 0.05) is 6.04 Å². The molecule has 1 aromatic rings. The van der Waals surface area contributed by atoms with Crippen LogP contribution in [0.5, 0.6) is 0 Å². The van der Waals surface area contributed by atoms with Gasteiger partial charge in [-0.25, -0.2) is 0 Å². The molecule has 1 aliphatic rings. The highest BCUT2D eigenvalue weighted by atomic mass is 14.9. The van der Waals surface area contributed by atoms with Crippen molar-refractivity contribution >= 4 is 0 Å². The lowest BCUT2D eigenvalue weighted by molar-refractivity contribution is 0.362. The minimum absolute atomic E-state index is 0.224. The molecule has 2 rings (SSSR count). The van der Waals surface area contributed by atoms with E-state index < -0.39 is 0 Å². The molecule has 1 atom stereocenters. The topological polar surface area (TPSA) is 12.0 Å². The molecule has 1 aliphatic carbocycles. The number of hydrogen-bond donors (Lipinski definition) is 1. The van der Waals surface area contributed by atoms with Crippen LogP contribution in [-0.4, -0.2) is 6.54 Å². The van der Waals surface area contributed by atoms with E-state index in [0.717, 1.165) is 12.5 Å². The second-order valence-electron chi connectivity index (χ2n) is 7.31. The first-order valence-electron chi connectivity index (χ1n) is 8.37. The Morgan fingerprint density at radius 3 is 2.40 bits per heavy atom. The van der Waals surface area contributed by atoms with Crippen molar-refractivity contribution < 1.29 is 0 Å². The Bertz CT molecular complexity index is 410. The predicted octanol–water partition coefficient (Wildman–Crippen LogP) is 5.22. The van der Waals surface area contributed by atoms with Crippen LogP contribution in [0.3, 0.4) is 0 Å². The van der Waals surface area contributed by atoms with Crippen LogP contribution < -0.4 is 5.32 Å². The van der Waals surface area contributed by atoms with E-state index in [1.807, 2.05) is 0 Å². The van der Waals surface area contributed by atoms with Gasteiger partial charge < -0.3 is 5.32 Å². The smallest absolute Gasteiger partial charge is 0.0351 e. The summed E-state index contributed by atoms with van der Waals surface area (Å²) in [4.78, 5) is 0. The molecule has 112 valence electrons. The molecule has 1 nitrogen and oxygen atoms in total. The largest absolute Gasteiger partial charge is 0.310 e. The van der Waals surface area contributed by atoms with Crippen molar-refractivity contribution in [1.82, 2.24) is 5.32 Å². The molecular weight excluding hydrogens is 242 g/mol. The Labute approximate surface area is 125 Å². The van der Waals surface area contributed by atoms with Crippen LogP contribution in [0.25, 0.3) is 0 Å². The average molecular weight is 273 g/mol. The first kappa shape index (κ1) is 15.6. The molecule has 20 heavy (non-hydrogen) atoms. The highest BCUT2D eigenvalue weighted by molar-refractivity contribution is 5.35. The van der Waals surface area contributed by atoms with E-state index in [-0.39, 0.29) is 5.41 Å². The van der Waals surface area contributed by atoms with Crippen molar-refractivity contribution in [2.24, 2.45) is 5.92 Å². The van der Waals surface area contributed by atoms with Gasteiger partial charge in [-0.05, 0) is 48.3 Å². The Balaban J connectivity index is 2.32. The fourth-order valence-corrected chi connectivity index (χ4v) is 3.57. The number of benzene rings is 1. The van der Waals surface area contributed by atoms with Gasteiger partial charge in [-0.3, -0.25) is 0 Å².